The molecule has 2 heterocycles. The van der Waals surface area contributed by atoms with Crippen molar-refractivity contribution in [3.63, 3.8) is 0 Å². The molecule has 1 aliphatic heterocycles. The number of nitrogens with zero attached hydrogens (tertiary/aromatic N) is 3. The van der Waals surface area contributed by atoms with Crippen molar-refractivity contribution < 1.29 is 9.90 Å². The molecular formula is C16H27N3O2. The first-order valence-electron chi connectivity index (χ1n) is 8.10. The highest BCUT2D eigenvalue weighted by Crippen LogP contribution is 2.23. The Morgan fingerprint density at radius 1 is 1.48 bits per heavy atom. The molecule has 1 aliphatic rings. The fourth-order valence-corrected chi connectivity index (χ4v) is 3.18. The van der Waals surface area contributed by atoms with Crippen molar-refractivity contribution in [2.75, 3.05) is 13.1 Å². The number of aromatic nitrogens is 2. The molecule has 21 heavy (non-hydrogen) atoms. The van der Waals surface area contributed by atoms with E-state index in [1.807, 2.05) is 0 Å². The quantitative estimate of drug-likeness (QED) is 0.800. The highest BCUT2D eigenvalue weighted by atomic mass is 16.4. The highest BCUT2D eigenvalue weighted by Gasteiger charge is 2.23. The van der Waals surface area contributed by atoms with Crippen molar-refractivity contribution in [2.24, 2.45) is 5.92 Å². The van der Waals surface area contributed by atoms with E-state index in [0.717, 1.165) is 51.0 Å². The van der Waals surface area contributed by atoms with Crippen LogP contribution in [0, 0.1) is 5.92 Å². The molecule has 5 heteroatoms. The van der Waals surface area contributed by atoms with Crippen molar-refractivity contribution >= 4 is 5.97 Å². The van der Waals surface area contributed by atoms with Gasteiger partial charge in [0.15, 0.2) is 0 Å². The molecule has 1 fully saturated rings. The second kappa shape index (κ2) is 7.59. The van der Waals surface area contributed by atoms with Crippen LogP contribution >= 0.6 is 0 Å². The number of aliphatic carboxylic acids is 1. The summed E-state index contributed by atoms with van der Waals surface area (Å²) >= 11 is 0. The average Bonchev–Trinajstić information content (AvgIpc) is 3.08. The van der Waals surface area contributed by atoms with Gasteiger partial charge in [0.1, 0.15) is 0 Å². The normalized spacial score (nSPS) is 19.5. The van der Waals surface area contributed by atoms with Gasteiger partial charge in [-0.2, -0.15) is 5.10 Å². The van der Waals surface area contributed by atoms with Crippen molar-refractivity contribution in [1.82, 2.24) is 14.7 Å². The monoisotopic (exact) mass is 293 g/mol. The molecule has 2 rings (SSSR count). The van der Waals surface area contributed by atoms with Gasteiger partial charge in [-0.15, -0.1) is 0 Å². The van der Waals surface area contributed by atoms with Gasteiger partial charge in [-0.3, -0.25) is 14.4 Å². The predicted molar refractivity (Wildman–Crippen MR) is 82.1 cm³/mol. The first-order chi connectivity index (χ1) is 10.1. The van der Waals surface area contributed by atoms with E-state index in [1.54, 1.807) is 0 Å². The number of carboxylic acid groups (broad SMARTS) is 1. The Morgan fingerprint density at radius 2 is 2.24 bits per heavy atom. The third kappa shape index (κ3) is 4.56. The lowest BCUT2D eigenvalue weighted by Gasteiger charge is -2.15. The second-order valence-electron chi connectivity index (χ2n) is 6.08. The first-order valence-corrected chi connectivity index (χ1v) is 8.10. The van der Waals surface area contributed by atoms with Gasteiger partial charge in [0.05, 0.1) is 11.7 Å². The molecule has 0 radical (unpaired) electrons. The summed E-state index contributed by atoms with van der Waals surface area (Å²) in [5.41, 5.74) is 1.13. The van der Waals surface area contributed by atoms with E-state index in [-0.39, 0.29) is 0 Å². The lowest BCUT2D eigenvalue weighted by Crippen LogP contribution is -2.21. The van der Waals surface area contributed by atoms with Crippen molar-refractivity contribution in [2.45, 2.75) is 58.5 Å². The smallest absolute Gasteiger partial charge is 0.303 e. The lowest BCUT2D eigenvalue weighted by molar-refractivity contribution is -0.137. The van der Waals surface area contributed by atoms with E-state index in [1.165, 1.54) is 0 Å². The molecule has 1 saturated heterocycles. The van der Waals surface area contributed by atoms with Crippen LogP contribution in [0.2, 0.25) is 0 Å². The van der Waals surface area contributed by atoms with Crippen LogP contribution in [0.5, 0.6) is 0 Å². The number of rotatable bonds is 8. The third-order valence-electron chi connectivity index (χ3n) is 4.50. The molecule has 1 unspecified atom stereocenters. The van der Waals surface area contributed by atoms with E-state index < -0.39 is 5.97 Å². The van der Waals surface area contributed by atoms with E-state index in [0.29, 0.717) is 18.4 Å². The number of likely N-dealkylation sites (tertiary alicyclic amines) is 1. The van der Waals surface area contributed by atoms with Gasteiger partial charge < -0.3 is 5.11 Å². The highest BCUT2D eigenvalue weighted by molar-refractivity contribution is 5.66. The van der Waals surface area contributed by atoms with Crippen LogP contribution in [0.25, 0.3) is 0 Å². The summed E-state index contributed by atoms with van der Waals surface area (Å²) in [5.74, 6) is -0.153. The zero-order valence-corrected chi connectivity index (χ0v) is 13.2. The summed E-state index contributed by atoms with van der Waals surface area (Å²) in [7, 11) is 0. The van der Waals surface area contributed by atoms with Crippen molar-refractivity contribution in [3.05, 3.63) is 18.0 Å². The standard InChI is InChI=1S/C16H27N3O2/c1-3-15(4-2)19-10-8-14(17-19)12-18-9-7-13(11-18)5-6-16(20)21/h8,10,13,15H,3-7,9,11-12H2,1-2H3,(H,20,21). The molecule has 1 aromatic heterocycles. The minimum Gasteiger partial charge on any atom is -0.481 e. The third-order valence-corrected chi connectivity index (χ3v) is 4.50. The van der Waals surface area contributed by atoms with Gasteiger partial charge in [0, 0.05) is 25.7 Å². The van der Waals surface area contributed by atoms with Crippen molar-refractivity contribution in [3.8, 4) is 0 Å². The average molecular weight is 293 g/mol. The molecule has 0 saturated carbocycles. The molecular weight excluding hydrogens is 266 g/mol. The van der Waals surface area contributed by atoms with E-state index in [2.05, 4.69) is 35.7 Å². The summed E-state index contributed by atoms with van der Waals surface area (Å²) in [6.45, 7) is 7.34. The molecule has 0 aromatic carbocycles. The van der Waals surface area contributed by atoms with Crippen LogP contribution in [0.4, 0.5) is 0 Å². The molecule has 118 valence electrons. The van der Waals surface area contributed by atoms with Crippen LogP contribution in [0.1, 0.15) is 57.7 Å². The number of hydrogen-bond acceptors (Lipinski definition) is 3. The largest absolute Gasteiger partial charge is 0.481 e. The molecule has 0 bridgehead atoms. The number of carboxylic acids is 1. The van der Waals surface area contributed by atoms with Crippen LogP contribution in [0.3, 0.4) is 0 Å². The topological polar surface area (TPSA) is 58.4 Å². The van der Waals surface area contributed by atoms with Crippen LogP contribution in [0.15, 0.2) is 12.3 Å². The first kappa shape index (κ1) is 16.0. The summed E-state index contributed by atoms with van der Waals surface area (Å²) in [4.78, 5) is 13.0. The van der Waals surface area contributed by atoms with Gasteiger partial charge >= 0.3 is 5.97 Å². The van der Waals surface area contributed by atoms with Crippen LogP contribution in [-0.4, -0.2) is 38.8 Å². The minimum atomic E-state index is -0.683. The van der Waals surface area contributed by atoms with Gasteiger partial charge in [-0.25, -0.2) is 0 Å². The maximum atomic E-state index is 10.6. The summed E-state index contributed by atoms with van der Waals surface area (Å²) < 4.78 is 2.09. The maximum absolute atomic E-state index is 10.6. The summed E-state index contributed by atoms with van der Waals surface area (Å²) in [6, 6.07) is 2.61. The molecule has 0 aliphatic carbocycles. The Kier molecular flexibility index (Phi) is 5.79. The number of hydrogen-bond donors (Lipinski definition) is 1. The molecule has 1 atom stereocenters. The Labute approximate surface area is 126 Å². The Bertz CT molecular complexity index is 454. The fraction of sp³-hybridized carbons (Fsp3) is 0.750. The molecule has 0 spiro atoms. The van der Waals surface area contributed by atoms with Crippen molar-refractivity contribution in [1.29, 1.82) is 0 Å². The van der Waals surface area contributed by atoms with E-state index >= 15 is 0 Å². The lowest BCUT2D eigenvalue weighted by atomic mass is 10.0. The minimum absolute atomic E-state index is 0.293. The Balaban J connectivity index is 1.82. The molecule has 1 N–H and O–H groups in total. The van der Waals surface area contributed by atoms with Gasteiger partial charge in [-0.1, -0.05) is 13.8 Å². The van der Waals surface area contributed by atoms with Gasteiger partial charge in [0.25, 0.3) is 0 Å². The van der Waals surface area contributed by atoms with E-state index in [4.69, 9.17) is 10.2 Å². The zero-order valence-electron chi connectivity index (χ0n) is 13.2. The maximum Gasteiger partial charge on any atom is 0.303 e. The number of carbonyl (C=O) groups is 1. The Morgan fingerprint density at radius 3 is 2.90 bits per heavy atom. The summed E-state index contributed by atoms with van der Waals surface area (Å²) in [6.07, 6.45) is 6.51. The molecule has 1 aromatic rings. The SMILES string of the molecule is CCC(CC)n1ccc(CN2CCC(CCC(=O)O)C2)n1. The summed E-state index contributed by atoms with van der Waals surface area (Å²) in [5, 5.41) is 13.4. The fourth-order valence-electron chi connectivity index (χ4n) is 3.18. The second-order valence-corrected chi connectivity index (χ2v) is 6.08. The van der Waals surface area contributed by atoms with Gasteiger partial charge in [0.2, 0.25) is 0 Å². The van der Waals surface area contributed by atoms with Crippen LogP contribution in [-0.2, 0) is 11.3 Å². The zero-order chi connectivity index (χ0) is 15.2. The van der Waals surface area contributed by atoms with Gasteiger partial charge in [-0.05, 0) is 44.2 Å². The predicted octanol–water partition coefficient (Wildman–Crippen LogP) is 2.93. The Hall–Kier alpha value is -1.36. The molecule has 0 amide bonds. The molecule has 5 nitrogen and oxygen atoms in total. The van der Waals surface area contributed by atoms with E-state index in [9.17, 15) is 4.79 Å². The van der Waals surface area contributed by atoms with Crippen LogP contribution < -0.4 is 0 Å².